The Kier molecular flexibility index (Phi) is 10.0. The Labute approximate surface area is 134 Å². The topological polar surface area (TPSA) is 43.4 Å². The van der Waals surface area contributed by atoms with E-state index in [-0.39, 0.29) is 5.97 Å². The second-order valence-electron chi connectivity index (χ2n) is 5.74. The van der Waals surface area contributed by atoms with Crippen molar-refractivity contribution in [1.82, 2.24) is 0 Å². The lowest BCUT2D eigenvalue weighted by molar-refractivity contribution is -0.134. The molecule has 0 aliphatic rings. The van der Waals surface area contributed by atoms with Gasteiger partial charge in [0, 0.05) is 12.0 Å². The van der Waals surface area contributed by atoms with E-state index in [4.69, 9.17) is 4.74 Å². The van der Waals surface area contributed by atoms with E-state index in [2.05, 4.69) is 6.92 Å². The fourth-order valence-corrected chi connectivity index (χ4v) is 2.38. The van der Waals surface area contributed by atoms with Gasteiger partial charge in [0.25, 0.3) is 0 Å². The number of rotatable bonds is 12. The first-order chi connectivity index (χ1) is 10.8. The van der Waals surface area contributed by atoms with Crippen LogP contribution in [0.3, 0.4) is 0 Å². The Morgan fingerprint density at radius 1 is 0.909 bits per heavy atom. The number of hydrogen-bond acceptors (Lipinski definition) is 3. The molecule has 0 fully saturated rings. The van der Waals surface area contributed by atoms with Gasteiger partial charge in [0.05, 0.1) is 0 Å². The van der Waals surface area contributed by atoms with E-state index < -0.39 is 0 Å². The first-order valence-electron chi connectivity index (χ1n) is 8.52. The largest absolute Gasteiger partial charge is 0.427 e. The molecule has 1 aromatic rings. The van der Waals surface area contributed by atoms with Crippen LogP contribution in [-0.2, 0) is 4.79 Å². The zero-order valence-corrected chi connectivity index (χ0v) is 13.7. The highest BCUT2D eigenvalue weighted by Crippen LogP contribution is 2.14. The van der Waals surface area contributed by atoms with E-state index in [0.717, 1.165) is 19.1 Å². The van der Waals surface area contributed by atoms with Gasteiger partial charge in [-0.05, 0) is 30.7 Å². The molecule has 0 amide bonds. The van der Waals surface area contributed by atoms with Gasteiger partial charge in [0.2, 0.25) is 0 Å². The molecule has 0 aliphatic carbocycles. The average Bonchev–Trinajstić information content (AvgIpc) is 2.54. The summed E-state index contributed by atoms with van der Waals surface area (Å²) in [7, 11) is 0. The number of aldehydes is 1. The third-order valence-electron chi connectivity index (χ3n) is 3.73. The molecule has 0 N–H and O–H groups in total. The first-order valence-corrected chi connectivity index (χ1v) is 8.52. The van der Waals surface area contributed by atoms with E-state index in [1.807, 2.05) is 0 Å². The summed E-state index contributed by atoms with van der Waals surface area (Å²) < 4.78 is 5.23. The second kappa shape index (κ2) is 12.0. The molecule has 0 aliphatic heterocycles. The SMILES string of the molecule is CCCCCCCCCCCC(=O)Oc1ccc(C=O)cc1. The number of esters is 1. The van der Waals surface area contributed by atoms with Crippen molar-refractivity contribution < 1.29 is 14.3 Å². The zero-order valence-electron chi connectivity index (χ0n) is 13.7. The highest BCUT2D eigenvalue weighted by molar-refractivity contribution is 5.76. The summed E-state index contributed by atoms with van der Waals surface area (Å²) in [4.78, 5) is 22.2. The minimum absolute atomic E-state index is 0.193. The van der Waals surface area contributed by atoms with Crippen molar-refractivity contribution in [2.75, 3.05) is 0 Å². The van der Waals surface area contributed by atoms with E-state index >= 15 is 0 Å². The second-order valence-corrected chi connectivity index (χ2v) is 5.74. The molecule has 0 radical (unpaired) electrons. The Morgan fingerprint density at radius 2 is 1.45 bits per heavy atom. The van der Waals surface area contributed by atoms with Gasteiger partial charge in [0.15, 0.2) is 0 Å². The molecule has 0 bridgehead atoms. The fraction of sp³-hybridized carbons (Fsp3) is 0.579. The number of ether oxygens (including phenoxy) is 1. The molecular formula is C19H28O3. The smallest absolute Gasteiger partial charge is 0.311 e. The van der Waals surface area contributed by atoms with Crippen LogP contribution in [0, 0.1) is 0 Å². The van der Waals surface area contributed by atoms with Gasteiger partial charge in [-0.1, -0.05) is 58.3 Å². The fourth-order valence-electron chi connectivity index (χ4n) is 2.38. The van der Waals surface area contributed by atoms with Crippen molar-refractivity contribution in [3.05, 3.63) is 29.8 Å². The molecule has 1 aromatic carbocycles. The summed E-state index contributed by atoms with van der Waals surface area (Å²) in [5, 5.41) is 0. The van der Waals surface area contributed by atoms with E-state index in [1.165, 1.54) is 44.9 Å². The van der Waals surface area contributed by atoms with E-state index in [1.54, 1.807) is 24.3 Å². The van der Waals surface area contributed by atoms with Gasteiger partial charge in [0.1, 0.15) is 12.0 Å². The molecule has 0 saturated heterocycles. The van der Waals surface area contributed by atoms with Crippen molar-refractivity contribution in [3.63, 3.8) is 0 Å². The van der Waals surface area contributed by atoms with Gasteiger partial charge in [-0.2, -0.15) is 0 Å². The van der Waals surface area contributed by atoms with Crippen molar-refractivity contribution >= 4 is 12.3 Å². The minimum atomic E-state index is -0.193. The summed E-state index contributed by atoms with van der Waals surface area (Å²) in [5.41, 5.74) is 0.582. The average molecular weight is 304 g/mol. The summed E-state index contributed by atoms with van der Waals surface area (Å²) in [6.07, 6.45) is 12.3. The van der Waals surface area contributed by atoms with Crippen LogP contribution < -0.4 is 4.74 Å². The van der Waals surface area contributed by atoms with Gasteiger partial charge in [-0.15, -0.1) is 0 Å². The van der Waals surface area contributed by atoms with E-state index in [9.17, 15) is 9.59 Å². The first kappa shape index (κ1) is 18.4. The van der Waals surface area contributed by atoms with Crippen molar-refractivity contribution in [1.29, 1.82) is 0 Å². The maximum absolute atomic E-state index is 11.7. The van der Waals surface area contributed by atoms with Gasteiger partial charge in [-0.25, -0.2) is 0 Å². The molecule has 0 saturated carbocycles. The van der Waals surface area contributed by atoms with Gasteiger partial charge < -0.3 is 4.74 Å². The molecule has 0 atom stereocenters. The van der Waals surface area contributed by atoms with Crippen molar-refractivity contribution in [2.24, 2.45) is 0 Å². The normalized spacial score (nSPS) is 10.4. The minimum Gasteiger partial charge on any atom is -0.427 e. The molecule has 0 spiro atoms. The summed E-state index contributed by atoms with van der Waals surface area (Å²) in [6, 6.07) is 6.60. The lowest BCUT2D eigenvalue weighted by Crippen LogP contribution is -2.07. The zero-order chi connectivity index (χ0) is 16.0. The Morgan fingerprint density at radius 3 is 2.00 bits per heavy atom. The molecule has 0 unspecified atom stereocenters. The summed E-state index contributed by atoms with van der Waals surface area (Å²) in [5.74, 6) is 0.313. The molecule has 22 heavy (non-hydrogen) atoms. The monoisotopic (exact) mass is 304 g/mol. The van der Waals surface area contributed by atoms with Crippen LogP contribution in [0.25, 0.3) is 0 Å². The van der Waals surface area contributed by atoms with Crippen LogP contribution in [-0.4, -0.2) is 12.3 Å². The van der Waals surface area contributed by atoms with Crippen LogP contribution in [0.4, 0.5) is 0 Å². The molecular weight excluding hydrogens is 276 g/mol. The molecule has 1 rings (SSSR count). The van der Waals surface area contributed by atoms with Crippen molar-refractivity contribution in [3.8, 4) is 5.75 Å². The lowest BCUT2D eigenvalue weighted by atomic mass is 10.1. The standard InChI is InChI=1S/C19H28O3/c1-2-3-4-5-6-7-8-9-10-11-19(21)22-18-14-12-17(16-20)13-15-18/h12-16H,2-11H2,1H3. The molecule has 0 aromatic heterocycles. The number of unbranched alkanes of at least 4 members (excludes halogenated alkanes) is 8. The number of benzene rings is 1. The Hall–Kier alpha value is -1.64. The highest BCUT2D eigenvalue weighted by Gasteiger charge is 2.04. The van der Waals surface area contributed by atoms with Crippen LogP contribution in [0.5, 0.6) is 5.75 Å². The van der Waals surface area contributed by atoms with Crippen LogP contribution in [0.2, 0.25) is 0 Å². The summed E-state index contributed by atoms with van der Waals surface area (Å²) in [6.45, 7) is 2.23. The third-order valence-corrected chi connectivity index (χ3v) is 3.73. The molecule has 3 nitrogen and oxygen atoms in total. The number of carbonyl (C=O) groups is 2. The quantitative estimate of drug-likeness (QED) is 0.227. The highest BCUT2D eigenvalue weighted by atomic mass is 16.5. The van der Waals surface area contributed by atoms with Crippen LogP contribution >= 0.6 is 0 Å². The number of carbonyl (C=O) groups excluding carboxylic acids is 2. The van der Waals surface area contributed by atoms with Crippen molar-refractivity contribution in [2.45, 2.75) is 71.1 Å². The number of hydrogen-bond donors (Lipinski definition) is 0. The van der Waals surface area contributed by atoms with E-state index in [0.29, 0.717) is 17.7 Å². The molecule has 0 heterocycles. The van der Waals surface area contributed by atoms with Gasteiger partial charge >= 0.3 is 5.97 Å². The molecule has 122 valence electrons. The predicted molar refractivity (Wildman–Crippen MR) is 89.3 cm³/mol. The maximum atomic E-state index is 11.7. The van der Waals surface area contributed by atoms with Gasteiger partial charge in [-0.3, -0.25) is 9.59 Å². The Balaban J connectivity index is 2.02. The van der Waals surface area contributed by atoms with Crippen LogP contribution in [0.1, 0.15) is 81.5 Å². The Bertz CT molecular complexity index is 423. The third kappa shape index (κ3) is 8.60. The predicted octanol–water partition coefficient (Wildman–Crippen LogP) is 5.33. The molecule has 3 heteroatoms. The maximum Gasteiger partial charge on any atom is 0.311 e. The lowest BCUT2D eigenvalue weighted by Gasteiger charge is -2.04. The summed E-state index contributed by atoms with van der Waals surface area (Å²) >= 11 is 0. The van der Waals surface area contributed by atoms with Crippen LogP contribution in [0.15, 0.2) is 24.3 Å².